The first-order valence-electron chi connectivity index (χ1n) is 3.23. The highest BCUT2D eigenvalue weighted by molar-refractivity contribution is 7.13. The molecule has 0 saturated carbocycles. The molecule has 1 aromatic heterocycles. The minimum absolute atomic E-state index is 0.0728. The van der Waals surface area contributed by atoms with Crippen LogP contribution in [0.5, 0.6) is 5.19 Å². The number of aldehydes is 1. The van der Waals surface area contributed by atoms with Crippen molar-refractivity contribution in [1.82, 2.24) is 4.98 Å². The van der Waals surface area contributed by atoms with Crippen LogP contribution in [0.25, 0.3) is 0 Å². The van der Waals surface area contributed by atoms with Crippen LogP contribution in [0.4, 0.5) is 0 Å². The summed E-state index contributed by atoms with van der Waals surface area (Å²) in [6.45, 7) is 1.83. The fraction of sp³-hybridized carbons (Fsp3) is 0.429. The zero-order valence-electron chi connectivity index (χ0n) is 6.40. The van der Waals surface area contributed by atoms with E-state index in [9.17, 15) is 4.79 Å². The van der Waals surface area contributed by atoms with Crippen LogP contribution in [0.1, 0.15) is 17.7 Å². The van der Waals surface area contributed by atoms with Gasteiger partial charge in [-0.3, -0.25) is 0 Å². The second-order valence-corrected chi connectivity index (χ2v) is 3.18. The molecule has 1 heterocycles. The molecule has 0 amide bonds. The molecule has 0 spiro atoms. The third-order valence-corrected chi connectivity index (χ3v) is 2.49. The zero-order valence-corrected chi connectivity index (χ0v) is 7.22. The molecule has 1 unspecified atom stereocenters. The molecule has 11 heavy (non-hydrogen) atoms. The number of aromatic nitrogens is 1. The largest absolute Gasteiger partial charge is 0.473 e. The van der Waals surface area contributed by atoms with Crippen LogP contribution >= 0.6 is 11.3 Å². The van der Waals surface area contributed by atoms with Crippen LogP contribution in [0.15, 0.2) is 6.20 Å². The Balaban J connectivity index is 2.79. The topological polar surface area (TPSA) is 39.2 Å². The van der Waals surface area contributed by atoms with E-state index in [0.717, 1.165) is 11.2 Å². The van der Waals surface area contributed by atoms with E-state index in [1.54, 1.807) is 13.3 Å². The molecule has 1 aromatic rings. The van der Waals surface area contributed by atoms with Gasteiger partial charge in [-0.2, -0.15) is 0 Å². The number of carbonyl (C=O) groups excluding carboxylic acids is 1. The van der Waals surface area contributed by atoms with E-state index in [1.165, 1.54) is 11.3 Å². The summed E-state index contributed by atoms with van der Waals surface area (Å²) in [7, 11) is 1.56. The molecule has 0 aliphatic carbocycles. The van der Waals surface area contributed by atoms with Gasteiger partial charge in [-0.1, -0.05) is 18.3 Å². The molecule has 0 aliphatic heterocycles. The number of rotatable bonds is 3. The van der Waals surface area contributed by atoms with Crippen molar-refractivity contribution >= 4 is 17.6 Å². The summed E-state index contributed by atoms with van der Waals surface area (Å²) in [5.74, 6) is -0.0728. The number of thiazole rings is 1. The van der Waals surface area contributed by atoms with Crippen molar-refractivity contribution in [3.8, 4) is 5.19 Å². The van der Waals surface area contributed by atoms with Gasteiger partial charge in [0.15, 0.2) is 0 Å². The van der Waals surface area contributed by atoms with Gasteiger partial charge in [0, 0.05) is 17.0 Å². The molecule has 3 nitrogen and oxygen atoms in total. The molecule has 0 bridgehead atoms. The number of hydrogen-bond acceptors (Lipinski definition) is 4. The molecule has 0 N–H and O–H groups in total. The lowest BCUT2D eigenvalue weighted by Crippen LogP contribution is -1.88. The number of ether oxygens (including phenoxy) is 1. The zero-order chi connectivity index (χ0) is 8.27. The van der Waals surface area contributed by atoms with Crippen LogP contribution in [0.3, 0.4) is 0 Å². The minimum atomic E-state index is -0.0728. The van der Waals surface area contributed by atoms with E-state index in [0.29, 0.717) is 5.19 Å². The number of methoxy groups -OCH3 is 1. The fourth-order valence-corrected chi connectivity index (χ4v) is 1.38. The standard InChI is InChI=1S/C7H9NO2S/c1-5(4-9)6-3-8-7(10-2)11-6/h3-5H,1-2H3. The summed E-state index contributed by atoms with van der Waals surface area (Å²) in [5.41, 5.74) is 0. The first-order valence-corrected chi connectivity index (χ1v) is 4.04. The molecule has 0 radical (unpaired) electrons. The lowest BCUT2D eigenvalue weighted by molar-refractivity contribution is -0.108. The smallest absolute Gasteiger partial charge is 0.273 e. The molecule has 0 saturated heterocycles. The first-order chi connectivity index (χ1) is 5.27. The maximum Gasteiger partial charge on any atom is 0.273 e. The molecular formula is C7H9NO2S. The third-order valence-electron chi connectivity index (χ3n) is 1.33. The van der Waals surface area contributed by atoms with Crippen molar-refractivity contribution < 1.29 is 9.53 Å². The highest BCUT2D eigenvalue weighted by Gasteiger charge is 2.07. The average molecular weight is 171 g/mol. The Bertz CT molecular complexity index is 246. The highest BCUT2D eigenvalue weighted by atomic mass is 32.1. The summed E-state index contributed by atoms with van der Waals surface area (Å²) in [5, 5.41) is 0.605. The predicted molar refractivity (Wildman–Crippen MR) is 43.1 cm³/mol. The van der Waals surface area contributed by atoms with Crippen LogP contribution in [0.2, 0.25) is 0 Å². The number of carbonyl (C=O) groups is 1. The SMILES string of the molecule is COc1ncc(C(C)C=O)s1. The van der Waals surface area contributed by atoms with Gasteiger partial charge in [0.2, 0.25) is 0 Å². The Morgan fingerprint density at radius 2 is 2.55 bits per heavy atom. The summed E-state index contributed by atoms with van der Waals surface area (Å²) in [6.07, 6.45) is 2.57. The quantitative estimate of drug-likeness (QED) is 0.646. The van der Waals surface area contributed by atoms with Gasteiger partial charge in [0.1, 0.15) is 6.29 Å². The second-order valence-electron chi connectivity index (χ2n) is 2.16. The van der Waals surface area contributed by atoms with E-state index in [2.05, 4.69) is 4.98 Å². The molecule has 4 heteroatoms. The van der Waals surface area contributed by atoms with Crippen LogP contribution < -0.4 is 4.74 Å². The monoisotopic (exact) mass is 171 g/mol. The van der Waals surface area contributed by atoms with E-state index >= 15 is 0 Å². The average Bonchev–Trinajstić information content (AvgIpc) is 2.50. The summed E-state index contributed by atoms with van der Waals surface area (Å²) >= 11 is 1.40. The van der Waals surface area contributed by atoms with Crippen molar-refractivity contribution in [2.24, 2.45) is 0 Å². The third kappa shape index (κ3) is 1.77. The van der Waals surface area contributed by atoms with Crippen LogP contribution in [-0.4, -0.2) is 18.4 Å². The van der Waals surface area contributed by atoms with Gasteiger partial charge in [-0.15, -0.1) is 0 Å². The minimum Gasteiger partial charge on any atom is -0.473 e. The van der Waals surface area contributed by atoms with Crippen molar-refractivity contribution in [1.29, 1.82) is 0 Å². The lowest BCUT2D eigenvalue weighted by atomic mass is 10.2. The van der Waals surface area contributed by atoms with Crippen molar-refractivity contribution in [2.75, 3.05) is 7.11 Å². The maximum atomic E-state index is 10.3. The van der Waals surface area contributed by atoms with E-state index < -0.39 is 0 Å². The number of nitrogens with zero attached hydrogens (tertiary/aromatic N) is 1. The van der Waals surface area contributed by atoms with Gasteiger partial charge in [0.25, 0.3) is 5.19 Å². The predicted octanol–water partition coefficient (Wildman–Crippen LogP) is 1.45. The summed E-state index contributed by atoms with van der Waals surface area (Å²) in [6, 6.07) is 0. The van der Waals surface area contributed by atoms with Crippen LogP contribution in [-0.2, 0) is 4.79 Å². The van der Waals surface area contributed by atoms with Gasteiger partial charge in [-0.05, 0) is 0 Å². The first kappa shape index (κ1) is 8.20. The summed E-state index contributed by atoms with van der Waals surface area (Å²) < 4.78 is 4.88. The van der Waals surface area contributed by atoms with E-state index in [4.69, 9.17) is 4.74 Å². The Labute approximate surface area is 69.0 Å². The summed E-state index contributed by atoms with van der Waals surface area (Å²) in [4.78, 5) is 15.2. The second kappa shape index (κ2) is 3.48. The Hall–Kier alpha value is -0.900. The molecule has 0 aliphatic rings. The van der Waals surface area contributed by atoms with E-state index in [1.807, 2.05) is 6.92 Å². The molecule has 0 fully saturated rings. The maximum absolute atomic E-state index is 10.3. The molecule has 1 rings (SSSR count). The van der Waals surface area contributed by atoms with E-state index in [-0.39, 0.29) is 5.92 Å². The fourth-order valence-electron chi connectivity index (χ4n) is 0.642. The lowest BCUT2D eigenvalue weighted by Gasteiger charge is -1.94. The molecule has 1 atom stereocenters. The van der Waals surface area contributed by atoms with Crippen molar-refractivity contribution in [3.63, 3.8) is 0 Å². The van der Waals surface area contributed by atoms with Crippen molar-refractivity contribution in [3.05, 3.63) is 11.1 Å². The van der Waals surface area contributed by atoms with Gasteiger partial charge in [0.05, 0.1) is 7.11 Å². The van der Waals surface area contributed by atoms with Gasteiger partial charge >= 0.3 is 0 Å². The Kier molecular flexibility index (Phi) is 2.59. The van der Waals surface area contributed by atoms with Gasteiger partial charge < -0.3 is 9.53 Å². The molecule has 60 valence electrons. The Morgan fingerprint density at radius 1 is 1.82 bits per heavy atom. The number of hydrogen-bond donors (Lipinski definition) is 0. The highest BCUT2D eigenvalue weighted by Crippen LogP contribution is 2.25. The van der Waals surface area contributed by atoms with Crippen LogP contribution in [0, 0.1) is 0 Å². The normalized spacial score (nSPS) is 12.5. The van der Waals surface area contributed by atoms with Gasteiger partial charge in [-0.25, -0.2) is 4.98 Å². The van der Waals surface area contributed by atoms with Crippen molar-refractivity contribution in [2.45, 2.75) is 12.8 Å². The molecular weight excluding hydrogens is 162 g/mol. The Morgan fingerprint density at radius 3 is 3.00 bits per heavy atom. The molecule has 0 aromatic carbocycles.